The van der Waals surface area contributed by atoms with Crippen molar-refractivity contribution < 1.29 is 14.4 Å². The first-order valence-corrected chi connectivity index (χ1v) is 6.91. The maximum Gasteiger partial charge on any atom is 0.275 e. The van der Waals surface area contributed by atoms with Crippen molar-refractivity contribution in [2.75, 3.05) is 0 Å². The van der Waals surface area contributed by atoms with E-state index < -0.39 is 15.9 Å². The van der Waals surface area contributed by atoms with E-state index in [2.05, 4.69) is 10.2 Å². The van der Waals surface area contributed by atoms with Crippen LogP contribution in [0.15, 0.2) is 38.9 Å². The van der Waals surface area contributed by atoms with Crippen LogP contribution in [0.2, 0.25) is 0 Å². The third-order valence-electron chi connectivity index (χ3n) is 3.19. The van der Waals surface area contributed by atoms with Crippen LogP contribution in [0.3, 0.4) is 0 Å². The normalized spacial score (nSPS) is 11.7. The van der Waals surface area contributed by atoms with E-state index >= 15 is 0 Å². The number of guanidine groups is 1. The number of nitrogens with two attached hydrogens (primary N) is 1. The molecule has 2 rings (SSSR count). The van der Waals surface area contributed by atoms with Gasteiger partial charge in [0.1, 0.15) is 11.5 Å². The fourth-order valence-corrected chi connectivity index (χ4v) is 2.13. The molecule has 130 valence electrons. The molecule has 1 aromatic heterocycles. The predicted molar refractivity (Wildman–Crippen MR) is 89.6 cm³/mol. The van der Waals surface area contributed by atoms with Gasteiger partial charge < -0.3 is 10.2 Å². The first kappa shape index (κ1) is 17.6. The molecular weight excluding hydrogens is 332 g/mol. The Bertz CT molecular complexity index is 886. The average molecular weight is 346 g/mol. The van der Waals surface area contributed by atoms with Gasteiger partial charge in [-0.15, -0.1) is 5.10 Å². The number of nitrogens with zero attached hydrogens (tertiary/aromatic N) is 4. The summed E-state index contributed by atoms with van der Waals surface area (Å²) >= 11 is 0. The monoisotopic (exact) mass is 346 g/mol. The van der Waals surface area contributed by atoms with Gasteiger partial charge in [0.05, 0.1) is 11.1 Å². The molecule has 11 nitrogen and oxygen atoms in total. The molecule has 0 aliphatic carbocycles. The Kier molecular flexibility index (Phi) is 5.07. The van der Waals surface area contributed by atoms with E-state index in [-0.39, 0.29) is 5.69 Å². The number of rotatable bonds is 5. The molecule has 0 saturated heterocycles. The Labute approximate surface area is 141 Å². The van der Waals surface area contributed by atoms with E-state index in [1.165, 1.54) is 12.3 Å². The Morgan fingerprint density at radius 2 is 1.96 bits per heavy atom. The zero-order chi connectivity index (χ0) is 18.6. The molecule has 0 fully saturated rings. The van der Waals surface area contributed by atoms with Gasteiger partial charge >= 0.3 is 0 Å². The number of nitrogens with one attached hydrogen (secondary N) is 1. The molecule has 0 bridgehead atoms. The van der Waals surface area contributed by atoms with Crippen molar-refractivity contribution in [3.63, 3.8) is 0 Å². The minimum Gasteiger partial charge on any atom is -0.455 e. The van der Waals surface area contributed by atoms with Crippen molar-refractivity contribution >= 4 is 17.9 Å². The van der Waals surface area contributed by atoms with Crippen LogP contribution in [0.1, 0.15) is 16.9 Å². The summed E-state index contributed by atoms with van der Waals surface area (Å²) in [4.78, 5) is 20.8. The maximum atomic E-state index is 11.1. The minimum atomic E-state index is -0.869. The summed E-state index contributed by atoms with van der Waals surface area (Å²) in [6, 6.07) is 6.36. The zero-order valence-electron chi connectivity index (χ0n) is 13.3. The van der Waals surface area contributed by atoms with Crippen molar-refractivity contribution in [1.29, 1.82) is 0 Å². The molecule has 0 aliphatic heterocycles. The second kappa shape index (κ2) is 7.21. The SMILES string of the molecule is Cc1cc(C)c([N+](=O)[O-])cc1-c1ccc(/C=N/N=C(N)N[N+](=O)[O-])o1. The number of nitro benzene ring substituents is 1. The van der Waals surface area contributed by atoms with Crippen LogP contribution in [0.4, 0.5) is 5.69 Å². The lowest BCUT2D eigenvalue weighted by atomic mass is 10.0. The van der Waals surface area contributed by atoms with Crippen LogP contribution >= 0.6 is 0 Å². The van der Waals surface area contributed by atoms with Gasteiger partial charge in [-0.1, -0.05) is 5.43 Å². The summed E-state index contributed by atoms with van der Waals surface area (Å²) in [5.41, 5.74) is 8.78. The largest absolute Gasteiger partial charge is 0.455 e. The smallest absolute Gasteiger partial charge is 0.275 e. The molecule has 0 spiro atoms. The number of aryl methyl sites for hydroxylation is 2. The Hall–Kier alpha value is -3.76. The van der Waals surface area contributed by atoms with Crippen molar-refractivity contribution in [3.05, 3.63) is 61.4 Å². The third kappa shape index (κ3) is 4.37. The summed E-state index contributed by atoms with van der Waals surface area (Å²) in [6.07, 6.45) is 1.20. The number of hydrogen-bond donors (Lipinski definition) is 2. The summed E-state index contributed by atoms with van der Waals surface area (Å²) < 4.78 is 5.55. The zero-order valence-corrected chi connectivity index (χ0v) is 13.3. The van der Waals surface area contributed by atoms with Gasteiger partial charge in [-0.05, 0) is 37.6 Å². The highest BCUT2D eigenvalue weighted by atomic mass is 16.7. The second-order valence-corrected chi connectivity index (χ2v) is 5.01. The molecule has 0 saturated carbocycles. The second-order valence-electron chi connectivity index (χ2n) is 5.01. The van der Waals surface area contributed by atoms with Gasteiger partial charge in [0.2, 0.25) is 0 Å². The molecule has 0 atom stereocenters. The topological polar surface area (TPSA) is 162 Å². The van der Waals surface area contributed by atoms with Gasteiger partial charge in [0.25, 0.3) is 11.6 Å². The first-order chi connectivity index (χ1) is 11.8. The molecule has 11 heteroatoms. The quantitative estimate of drug-likeness (QED) is 0.361. The highest BCUT2D eigenvalue weighted by Gasteiger charge is 2.16. The van der Waals surface area contributed by atoms with E-state index in [1.54, 1.807) is 30.5 Å². The van der Waals surface area contributed by atoms with Gasteiger partial charge in [-0.25, -0.2) is 10.1 Å². The summed E-state index contributed by atoms with van der Waals surface area (Å²) in [6.45, 7) is 3.48. The Morgan fingerprint density at radius 1 is 1.24 bits per heavy atom. The van der Waals surface area contributed by atoms with E-state index in [0.29, 0.717) is 22.6 Å². The summed E-state index contributed by atoms with van der Waals surface area (Å²) in [5.74, 6) is 0.232. The average Bonchev–Trinajstić information content (AvgIpc) is 2.94. The number of nitro groups is 2. The van der Waals surface area contributed by atoms with Crippen LogP contribution < -0.4 is 11.2 Å². The fraction of sp³-hybridized carbons (Fsp3) is 0.143. The molecule has 25 heavy (non-hydrogen) atoms. The highest BCUT2D eigenvalue weighted by molar-refractivity contribution is 5.80. The molecule has 0 amide bonds. The van der Waals surface area contributed by atoms with Crippen LogP contribution in [-0.2, 0) is 0 Å². The summed E-state index contributed by atoms with van der Waals surface area (Å²) in [5, 5.41) is 27.3. The molecular formula is C14H14N6O5. The van der Waals surface area contributed by atoms with Gasteiger partial charge in [0.15, 0.2) is 5.03 Å². The van der Waals surface area contributed by atoms with Crippen LogP contribution in [-0.4, -0.2) is 22.1 Å². The number of benzene rings is 1. The van der Waals surface area contributed by atoms with Crippen molar-refractivity contribution in [3.8, 4) is 11.3 Å². The Morgan fingerprint density at radius 3 is 2.60 bits per heavy atom. The highest BCUT2D eigenvalue weighted by Crippen LogP contribution is 2.31. The first-order valence-electron chi connectivity index (χ1n) is 6.91. The molecule has 1 aromatic carbocycles. The lowest BCUT2D eigenvalue weighted by Gasteiger charge is -2.05. The lowest BCUT2D eigenvalue weighted by molar-refractivity contribution is -0.525. The fourth-order valence-electron chi connectivity index (χ4n) is 2.13. The molecule has 0 aliphatic rings. The van der Waals surface area contributed by atoms with Gasteiger partial charge in [0, 0.05) is 17.2 Å². The summed E-state index contributed by atoms with van der Waals surface area (Å²) in [7, 11) is 0. The Balaban J connectivity index is 2.26. The van der Waals surface area contributed by atoms with Crippen molar-refractivity contribution in [2.24, 2.45) is 15.9 Å². The van der Waals surface area contributed by atoms with Gasteiger partial charge in [-0.3, -0.25) is 10.1 Å². The van der Waals surface area contributed by atoms with Crippen LogP contribution in [0.5, 0.6) is 0 Å². The molecule has 0 unspecified atom stereocenters. The van der Waals surface area contributed by atoms with E-state index in [9.17, 15) is 20.2 Å². The van der Waals surface area contributed by atoms with E-state index in [4.69, 9.17) is 10.2 Å². The molecule has 3 N–H and O–H groups in total. The lowest BCUT2D eigenvalue weighted by Crippen LogP contribution is -2.35. The van der Waals surface area contributed by atoms with E-state index in [1.807, 2.05) is 6.92 Å². The predicted octanol–water partition coefficient (Wildman–Crippen LogP) is 1.90. The molecule has 2 aromatic rings. The van der Waals surface area contributed by atoms with Crippen molar-refractivity contribution in [2.45, 2.75) is 13.8 Å². The number of furan rings is 1. The molecule has 1 heterocycles. The number of hydrogen-bond acceptors (Lipinski definition) is 7. The molecule has 0 radical (unpaired) electrons. The van der Waals surface area contributed by atoms with Crippen molar-refractivity contribution in [1.82, 2.24) is 5.43 Å². The standard InChI is InChI=1S/C14H14N6O5/c1-8-5-9(2)12(19(21)22)6-11(8)13-4-3-10(25-13)7-16-17-14(15)18-20(23)24/h3-7H,1-2H3,(H3,15,17,18)/b16-7+. The van der Waals surface area contributed by atoms with Gasteiger partial charge in [-0.2, -0.15) is 5.10 Å². The maximum absolute atomic E-state index is 11.1. The van der Waals surface area contributed by atoms with Crippen LogP contribution in [0, 0.1) is 34.1 Å². The minimum absolute atomic E-state index is 0.00422. The third-order valence-corrected chi connectivity index (χ3v) is 3.19. The number of hydrazine groups is 1. The van der Waals surface area contributed by atoms with E-state index in [0.717, 1.165) is 5.56 Å². The van der Waals surface area contributed by atoms with Crippen LogP contribution in [0.25, 0.3) is 11.3 Å².